The van der Waals surface area contributed by atoms with Gasteiger partial charge < -0.3 is 9.64 Å². The Morgan fingerprint density at radius 2 is 1.93 bits per heavy atom. The first kappa shape index (κ1) is 12.1. The van der Waals surface area contributed by atoms with Gasteiger partial charge in [0.15, 0.2) is 5.60 Å². The number of rotatable bonds is 1. The molecule has 84 valence electrons. The first-order valence-corrected chi connectivity index (χ1v) is 5.28. The highest BCUT2D eigenvalue weighted by atomic mass is 16.6. The van der Waals surface area contributed by atoms with Crippen LogP contribution in [0.5, 0.6) is 0 Å². The fourth-order valence-corrected chi connectivity index (χ4v) is 2.52. The van der Waals surface area contributed by atoms with Gasteiger partial charge in [-0.2, -0.15) is 0 Å². The van der Waals surface area contributed by atoms with E-state index < -0.39 is 5.60 Å². The maximum absolute atomic E-state index is 11.1. The van der Waals surface area contributed by atoms with Gasteiger partial charge in [-0.3, -0.25) is 4.79 Å². The van der Waals surface area contributed by atoms with E-state index in [0.717, 1.165) is 13.1 Å². The van der Waals surface area contributed by atoms with E-state index >= 15 is 0 Å². The highest BCUT2D eigenvalue weighted by Crippen LogP contribution is 2.35. The minimum Gasteiger partial charge on any atom is -0.445 e. The maximum Gasteiger partial charge on any atom is 0.304 e. The van der Waals surface area contributed by atoms with E-state index in [1.54, 1.807) is 0 Å². The van der Waals surface area contributed by atoms with Crippen molar-refractivity contribution < 1.29 is 9.53 Å². The summed E-state index contributed by atoms with van der Waals surface area (Å²) in [6.45, 7) is 7.21. The topological polar surface area (TPSA) is 29.5 Å². The van der Waals surface area contributed by atoms with Gasteiger partial charge in [0, 0.05) is 31.8 Å². The van der Waals surface area contributed by atoms with Crippen LogP contribution in [0.25, 0.3) is 0 Å². The molecule has 3 nitrogen and oxygen atoms in total. The first-order chi connectivity index (χ1) is 6.92. The molecule has 0 aromatic heterocycles. The number of ether oxygens (including phenoxy) is 1. The summed E-state index contributed by atoms with van der Waals surface area (Å²) in [6, 6.07) is 0. The molecule has 1 rings (SSSR count). The number of likely N-dealkylation sites (tertiary alicyclic amines) is 1. The van der Waals surface area contributed by atoms with Gasteiger partial charge in [-0.25, -0.2) is 0 Å². The van der Waals surface area contributed by atoms with Gasteiger partial charge in [0.1, 0.15) is 0 Å². The monoisotopic (exact) mass is 209 g/mol. The molecule has 0 N–H and O–H groups in total. The van der Waals surface area contributed by atoms with E-state index in [9.17, 15) is 4.79 Å². The highest BCUT2D eigenvalue weighted by molar-refractivity contribution is 5.67. The van der Waals surface area contributed by atoms with Crippen molar-refractivity contribution >= 4 is 5.97 Å². The second-order valence-electron chi connectivity index (χ2n) is 4.55. The minimum atomic E-state index is -0.724. The molecule has 3 heteroatoms. The quantitative estimate of drug-likeness (QED) is 0.479. The van der Waals surface area contributed by atoms with Gasteiger partial charge in [-0.1, -0.05) is 19.8 Å². The molecular weight excluding hydrogens is 190 g/mol. The van der Waals surface area contributed by atoms with E-state index in [-0.39, 0.29) is 17.8 Å². The molecule has 0 radical (unpaired) electrons. The van der Waals surface area contributed by atoms with Crippen LogP contribution < -0.4 is 0 Å². The summed E-state index contributed by atoms with van der Waals surface area (Å²) in [6.07, 6.45) is 5.57. The summed E-state index contributed by atoms with van der Waals surface area (Å²) < 4.78 is 5.40. The zero-order valence-electron chi connectivity index (χ0n) is 9.91. The Bertz CT molecular complexity index is 280. The summed E-state index contributed by atoms with van der Waals surface area (Å²) in [5.41, 5.74) is -0.724. The zero-order valence-corrected chi connectivity index (χ0v) is 9.91. The predicted molar refractivity (Wildman–Crippen MR) is 59.2 cm³/mol. The highest BCUT2D eigenvalue weighted by Gasteiger charge is 2.46. The standard InChI is InChI=1S/C12H19NO2/c1-6-12(15-11(4)14)9(2)7-13(5)8-10(12)3/h1,9-10H,7-8H2,2-5H3. The van der Waals surface area contributed by atoms with Crippen molar-refractivity contribution in [2.45, 2.75) is 26.4 Å². The van der Waals surface area contributed by atoms with Crippen molar-refractivity contribution in [2.24, 2.45) is 11.8 Å². The van der Waals surface area contributed by atoms with E-state index in [4.69, 9.17) is 11.2 Å². The Morgan fingerprint density at radius 3 is 2.27 bits per heavy atom. The lowest BCUT2D eigenvalue weighted by Crippen LogP contribution is -2.56. The Labute approximate surface area is 91.8 Å². The summed E-state index contributed by atoms with van der Waals surface area (Å²) in [4.78, 5) is 13.3. The Hall–Kier alpha value is -1.01. The first-order valence-electron chi connectivity index (χ1n) is 5.28. The molecule has 0 saturated carbocycles. The molecule has 0 aliphatic carbocycles. The fourth-order valence-electron chi connectivity index (χ4n) is 2.52. The zero-order chi connectivity index (χ0) is 11.6. The van der Waals surface area contributed by atoms with E-state index in [1.807, 2.05) is 13.8 Å². The third-order valence-electron chi connectivity index (χ3n) is 3.17. The van der Waals surface area contributed by atoms with Crippen LogP contribution in [0.1, 0.15) is 20.8 Å². The van der Waals surface area contributed by atoms with Crippen LogP contribution >= 0.6 is 0 Å². The molecule has 1 aliphatic rings. The van der Waals surface area contributed by atoms with Crippen LogP contribution in [0.15, 0.2) is 0 Å². The minimum absolute atomic E-state index is 0.167. The van der Waals surface area contributed by atoms with Crippen molar-refractivity contribution in [3.63, 3.8) is 0 Å². The second kappa shape index (κ2) is 4.24. The second-order valence-corrected chi connectivity index (χ2v) is 4.55. The Morgan fingerprint density at radius 1 is 1.47 bits per heavy atom. The normalized spacial score (nSPS) is 37.0. The van der Waals surface area contributed by atoms with Gasteiger partial charge in [-0.05, 0) is 7.05 Å². The summed E-state index contributed by atoms with van der Waals surface area (Å²) >= 11 is 0. The number of carbonyl (C=O) groups is 1. The summed E-state index contributed by atoms with van der Waals surface area (Å²) in [7, 11) is 2.06. The third kappa shape index (κ3) is 2.15. The van der Waals surface area contributed by atoms with Crippen LogP contribution in [-0.4, -0.2) is 36.6 Å². The number of nitrogens with zero attached hydrogens (tertiary/aromatic N) is 1. The van der Waals surface area contributed by atoms with E-state index in [0.29, 0.717) is 0 Å². The fraction of sp³-hybridized carbons (Fsp3) is 0.750. The molecule has 2 atom stereocenters. The maximum atomic E-state index is 11.1. The summed E-state index contributed by atoms with van der Waals surface area (Å²) in [5.74, 6) is 2.74. The smallest absolute Gasteiger partial charge is 0.304 e. The van der Waals surface area contributed by atoms with Gasteiger partial charge in [0.05, 0.1) is 0 Å². The van der Waals surface area contributed by atoms with Gasteiger partial charge >= 0.3 is 5.97 Å². The third-order valence-corrected chi connectivity index (χ3v) is 3.17. The molecule has 0 aromatic rings. The van der Waals surface area contributed by atoms with Crippen molar-refractivity contribution in [1.29, 1.82) is 0 Å². The van der Waals surface area contributed by atoms with Gasteiger partial charge in [0.25, 0.3) is 0 Å². The molecule has 1 saturated heterocycles. The van der Waals surface area contributed by atoms with E-state index in [2.05, 4.69) is 17.9 Å². The van der Waals surface area contributed by atoms with Gasteiger partial charge in [0.2, 0.25) is 0 Å². The van der Waals surface area contributed by atoms with Crippen molar-refractivity contribution in [2.75, 3.05) is 20.1 Å². The Balaban J connectivity index is 2.95. The molecule has 0 amide bonds. The molecule has 15 heavy (non-hydrogen) atoms. The van der Waals surface area contributed by atoms with Crippen LogP contribution in [0, 0.1) is 24.2 Å². The molecular formula is C12H19NO2. The SMILES string of the molecule is C#CC1(OC(C)=O)C(C)CN(C)CC1C. The average molecular weight is 209 g/mol. The van der Waals surface area contributed by atoms with Crippen molar-refractivity contribution in [3.05, 3.63) is 0 Å². The van der Waals surface area contributed by atoms with Crippen LogP contribution in [0.2, 0.25) is 0 Å². The number of piperidine rings is 1. The molecule has 2 unspecified atom stereocenters. The largest absolute Gasteiger partial charge is 0.445 e. The number of carbonyl (C=O) groups excluding carboxylic acids is 1. The van der Waals surface area contributed by atoms with E-state index in [1.165, 1.54) is 6.92 Å². The Kier molecular flexibility index (Phi) is 3.41. The lowest BCUT2D eigenvalue weighted by Gasteiger charge is -2.45. The molecule has 1 aliphatic heterocycles. The van der Waals surface area contributed by atoms with Crippen LogP contribution in [-0.2, 0) is 9.53 Å². The lowest BCUT2D eigenvalue weighted by atomic mass is 9.75. The number of terminal acetylenes is 1. The lowest BCUT2D eigenvalue weighted by molar-refractivity contribution is -0.166. The molecule has 1 fully saturated rings. The van der Waals surface area contributed by atoms with Crippen molar-refractivity contribution in [1.82, 2.24) is 4.90 Å². The predicted octanol–water partition coefficient (Wildman–Crippen LogP) is 1.14. The molecule has 1 heterocycles. The van der Waals surface area contributed by atoms with Crippen molar-refractivity contribution in [3.8, 4) is 12.3 Å². The van der Waals surface area contributed by atoms with Crippen LogP contribution in [0.3, 0.4) is 0 Å². The number of esters is 1. The van der Waals surface area contributed by atoms with Crippen LogP contribution in [0.4, 0.5) is 0 Å². The number of hydrogen-bond acceptors (Lipinski definition) is 3. The summed E-state index contributed by atoms with van der Waals surface area (Å²) in [5, 5.41) is 0. The molecule has 0 spiro atoms. The molecule has 0 bridgehead atoms. The number of hydrogen-bond donors (Lipinski definition) is 0. The molecule has 0 aromatic carbocycles. The van der Waals surface area contributed by atoms with Gasteiger partial charge in [-0.15, -0.1) is 6.42 Å². The average Bonchev–Trinajstić information content (AvgIpc) is 2.11.